The Kier molecular flexibility index (Phi) is 24.8. The molecule has 43 heavy (non-hydrogen) atoms. The number of rotatable bonds is 20. The van der Waals surface area contributed by atoms with E-state index in [1.807, 2.05) is 13.8 Å². The van der Waals surface area contributed by atoms with Crippen molar-refractivity contribution < 1.29 is 35.6 Å². The Morgan fingerprint density at radius 1 is 0.581 bits per heavy atom. The van der Waals surface area contributed by atoms with Crippen molar-refractivity contribution in [3.8, 4) is 0 Å². The molecule has 0 heterocycles. The van der Waals surface area contributed by atoms with Crippen molar-refractivity contribution in [2.75, 3.05) is 39.6 Å². The van der Waals surface area contributed by atoms with E-state index in [2.05, 4.69) is 13.8 Å². The zero-order valence-electron chi connectivity index (χ0n) is 26.4. The maximum atomic E-state index is 11.9. The molecule has 0 unspecified atom stereocenters. The largest absolute Gasteiger partial charge is 0.396 e. The number of aliphatic hydroxyl groups is 1. The van der Waals surface area contributed by atoms with Gasteiger partial charge >= 0.3 is 0 Å². The first-order chi connectivity index (χ1) is 20.5. The third-order valence-corrected chi connectivity index (χ3v) is 8.71. The van der Waals surface area contributed by atoms with E-state index in [-0.39, 0.29) is 23.0 Å². The number of hydrogen-bond acceptors (Lipinski definition) is 8. The van der Waals surface area contributed by atoms with E-state index in [1.54, 1.807) is 36.4 Å². The third kappa shape index (κ3) is 23.5. The van der Waals surface area contributed by atoms with Crippen LogP contribution in [0.3, 0.4) is 0 Å². The summed E-state index contributed by atoms with van der Waals surface area (Å²) in [5.74, 6) is 0. The molecule has 0 aliphatic rings. The molecule has 0 atom stereocenters. The normalized spacial score (nSPS) is 11.3. The SMILES string of the molecule is CCCCCCOCCCO.CCCCCCOCCCOS(=O)(=O)c1ccc(C)cc1.Cc1ccc(S(=O)(=O)Cl)cc1. The van der Waals surface area contributed by atoms with Gasteiger partial charge in [0.2, 0.25) is 0 Å². The number of halogens is 1. The van der Waals surface area contributed by atoms with E-state index in [9.17, 15) is 16.8 Å². The van der Waals surface area contributed by atoms with Crippen LogP contribution in [0.15, 0.2) is 58.3 Å². The summed E-state index contributed by atoms with van der Waals surface area (Å²) in [5, 5.41) is 8.43. The molecule has 0 radical (unpaired) electrons. The molecular weight excluding hydrogens is 612 g/mol. The van der Waals surface area contributed by atoms with E-state index in [0.29, 0.717) is 19.6 Å². The van der Waals surface area contributed by atoms with Crippen LogP contribution in [0.1, 0.15) is 89.2 Å². The van der Waals surface area contributed by atoms with Crippen molar-refractivity contribution in [1.29, 1.82) is 0 Å². The highest BCUT2D eigenvalue weighted by molar-refractivity contribution is 8.13. The summed E-state index contributed by atoms with van der Waals surface area (Å²) in [6.45, 7) is 11.4. The first kappa shape index (κ1) is 41.5. The van der Waals surface area contributed by atoms with Crippen LogP contribution in [0.25, 0.3) is 0 Å². The van der Waals surface area contributed by atoms with Crippen LogP contribution in [0.2, 0.25) is 0 Å². The number of hydrogen-bond donors (Lipinski definition) is 1. The van der Waals surface area contributed by atoms with Crippen LogP contribution < -0.4 is 0 Å². The molecule has 0 spiro atoms. The number of ether oxygens (including phenoxy) is 2. The van der Waals surface area contributed by atoms with Crippen molar-refractivity contribution in [2.24, 2.45) is 0 Å². The number of aliphatic hydroxyl groups excluding tert-OH is 1. The van der Waals surface area contributed by atoms with Crippen molar-refractivity contribution >= 4 is 29.9 Å². The van der Waals surface area contributed by atoms with Gasteiger partial charge in [-0.15, -0.1) is 0 Å². The lowest BCUT2D eigenvalue weighted by molar-refractivity contribution is 0.112. The fourth-order valence-corrected chi connectivity index (χ4v) is 5.15. The fraction of sp³-hybridized carbons (Fsp3) is 0.625. The zero-order valence-corrected chi connectivity index (χ0v) is 28.8. The van der Waals surface area contributed by atoms with Crippen molar-refractivity contribution in [3.63, 3.8) is 0 Å². The Morgan fingerprint density at radius 3 is 1.42 bits per heavy atom. The fourth-order valence-electron chi connectivity index (χ4n) is 3.44. The minimum absolute atomic E-state index is 0.143. The molecule has 8 nitrogen and oxygen atoms in total. The van der Waals surface area contributed by atoms with E-state index in [4.69, 9.17) is 29.4 Å². The summed E-state index contributed by atoms with van der Waals surface area (Å²) in [6, 6.07) is 13.0. The minimum Gasteiger partial charge on any atom is -0.396 e. The lowest BCUT2D eigenvalue weighted by atomic mass is 10.2. The van der Waals surface area contributed by atoms with Gasteiger partial charge in [0.1, 0.15) is 0 Å². The molecule has 0 saturated heterocycles. The van der Waals surface area contributed by atoms with Gasteiger partial charge in [-0.05, 0) is 63.8 Å². The van der Waals surface area contributed by atoms with Gasteiger partial charge in [-0.1, -0.05) is 87.8 Å². The van der Waals surface area contributed by atoms with E-state index >= 15 is 0 Å². The van der Waals surface area contributed by atoms with Crippen LogP contribution in [-0.4, -0.2) is 61.6 Å². The molecular formula is C32H53ClO8S2. The molecule has 2 aromatic rings. The Balaban J connectivity index is 0.000000677. The molecule has 2 rings (SSSR count). The molecule has 0 aliphatic carbocycles. The molecule has 0 saturated carbocycles. The van der Waals surface area contributed by atoms with Gasteiger partial charge in [0.05, 0.1) is 16.4 Å². The Hall–Kier alpha value is -1.53. The van der Waals surface area contributed by atoms with Gasteiger partial charge in [-0.2, -0.15) is 8.42 Å². The molecule has 0 fully saturated rings. The quantitative estimate of drug-likeness (QED) is 0.0875. The first-order valence-electron chi connectivity index (χ1n) is 15.2. The number of aryl methyl sites for hydroxylation is 2. The van der Waals surface area contributed by atoms with Gasteiger partial charge in [0, 0.05) is 43.7 Å². The molecule has 248 valence electrons. The molecule has 0 amide bonds. The predicted molar refractivity (Wildman–Crippen MR) is 175 cm³/mol. The zero-order chi connectivity index (χ0) is 32.4. The molecule has 2 aromatic carbocycles. The summed E-state index contributed by atoms with van der Waals surface area (Å²) in [7, 11) is -2.10. The third-order valence-electron chi connectivity index (χ3n) is 6.01. The monoisotopic (exact) mass is 664 g/mol. The molecule has 11 heteroatoms. The van der Waals surface area contributed by atoms with Crippen LogP contribution in [-0.2, 0) is 32.8 Å². The highest BCUT2D eigenvalue weighted by atomic mass is 35.7. The maximum Gasteiger partial charge on any atom is 0.296 e. The van der Waals surface area contributed by atoms with Crippen LogP contribution >= 0.6 is 10.7 Å². The summed E-state index contributed by atoms with van der Waals surface area (Å²) in [4.78, 5) is 0.346. The first-order valence-corrected chi connectivity index (χ1v) is 18.9. The Morgan fingerprint density at radius 2 is 1.00 bits per heavy atom. The van der Waals surface area contributed by atoms with Gasteiger partial charge in [-0.25, -0.2) is 8.42 Å². The Bertz CT molecular complexity index is 1130. The van der Waals surface area contributed by atoms with Gasteiger partial charge < -0.3 is 14.6 Å². The van der Waals surface area contributed by atoms with Gasteiger partial charge in [0.25, 0.3) is 19.2 Å². The predicted octanol–water partition coefficient (Wildman–Crippen LogP) is 7.58. The average Bonchev–Trinajstić information content (AvgIpc) is 2.96. The van der Waals surface area contributed by atoms with Crippen molar-refractivity contribution in [1.82, 2.24) is 0 Å². The standard InChI is InChI=1S/C16H26O4S.C9H20O2.C7H7ClO2S/c1-3-4-5-6-12-19-13-7-14-20-21(17,18)16-10-8-15(2)9-11-16;1-2-3-4-5-8-11-9-6-7-10;1-6-2-4-7(5-3-6)11(8,9)10/h8-11H,3-7,12-14H2,1-2H3;10H,2-9H2,1H3;2-5H,1H3. The second kappa shape index (κ2) is 25.8. The van der Waals surface area contributed by atoms with E-state index in [1.165, 1.54) is 57.1 Å². The minimum atomic E-state index is -3.64. The summed E-state index contributed by atoms with van der Waals surface area (Å²) >= 11 is 0. The molecule has 0 aromatic heterocycles. The van der Waals surface area contributed by atoms with E-state index in [0.717, 1.165) is 37.2 Å². The summed E-state index contributed by atoms with van der Waals surface area (Å²) in [6.07, 6.45) is 11.1. The average molecular weight is 665 g/mol. The smallest absolute Gasteiger partial charge is 0.296 e. The van der Waals surface area contributed by atoms with Gasteiger partial charge in [0.15, 0.2) is 0 Å². The second-order valence-electron chi connectivity index (χ2n) is 10.1. The summed E-state index contributed by atoms with van der Waals surface area (Å²) < 4.78 is 60.9. The van der Waals surface area contributed by atoms with Crippen molar-refractivity contribution in [3.05, 3.63) is 59.7 Å². The highest BCUT2D eigenvalue weighted by Gasteiger charge is 2.14. The molecule has 0 aliphatic heterocycles. The lowest BCUT2D eigenvalue weighted by Crippen LogP contribution is -2.09. The number of benzene rings is 2. The number of unbranched alkanes of at least 4 members (excludes halogenated alkanes) is 6. The molecule has 0 bridgehead atoms. The van der Waals surface area contributed by atoms with Crippen molar-refractivity contribution in [2.45, 2.75) is 102 Å². The van der Waals surface area contributed by atoms with E-state index < -0.39 is 19.2 Å². The van der Waals surface area contributed by atoms with Crippen LogP contribution in [0, 0.1) is 13.8 Å². The lowest BCUT2D eigenvalue weighted by Gasteiger charge is -2.07. The Labute approximate surface area is 265 Å². The maximum absolute atomic E-state index is 11.9. The highest BCUT2D eigenvalue weighted by Crippen LogP contribution is 2.15. The molecule has 1 N–H and O–H groups in total. The van der Waals surface area contributed by atoms with Crippen LogP contribution in [0.4, 0.5) is 0 Å². The summed E-state index contributed by atoms with van der Waals surface area (Å²) in [5.41, 5.74) is 2.03. The van der Waals surface area contributed by atoms with Crippen LogP contribution in [0.5, 0.6) is 0 Å². The topological polar surface area (TPSA) is 116 Å². The second-order valence-corrected chi connectivity index (χ2v) is 14.3. The van der Waals surface area contributed by atoms with Gasteiger partial charge in [-0.3, -0.25) is 4.18 Å².